The van der Waals surface area contributed by atoms with Crippen LogP contribution in [0.15, 0.2) is 42.5 Å². The van der Waals surface area contributed by atoms with E-state index in [0.717, 1.165) is 36.6 Å². The number of para-hydroxylation sites is 1. The molecule has 29 heavy (non-hydrogen) atoms. The molecule has 0 aromatic heterocycles. The lowest BCUT2D eigenvalue weighted by atomic mass is 9.49. The first-order valence-corrected chi connectivity index (χ1v) is 10.7. The highest BCUT2D eigenvalue weighted by molar-refractivity contribution is 5.82. The molecule has 5 rings (SSSR count). The summed E-state index contributed by atoms with van der Waals surface area (Å²) in [6.07, 6.45) is 3.32. The second kappa shape index (κ2) is 6.88. The van der Waals surface area contributed by atoms with Crippen LogP contribution in [-0.2, 0) is 16.6 Å². The molecule has 1 saturated heterocycles. The van der Waals surface area contributed by atoms with Crippen molar-refractivity contribution >= 4 is 5.78 Å². The number of rotatable bonds is 3. The first-order chi connectivity index (χ1) is 14.0. The van der Waals surface area contributed by atoms with E-state index in [2.05, 4.69) is 24.9 Å². The maximum Gasteiger partial charge on any atom is 0.173 e. The van der Waals surface area contributed by atoms with Gasteiger partial charge < -0.3 is 14.4 Å². The zero-order chi connectivity index (χ0) is 20.2. The number of piperidine rings is 1. The quantitative estimate of drug-likeness (QED) is 0.766. The molecule has 0 unspecified atom stereocenters. The summed E-state index contributed by atoms with van der Waals surface area (Å²) in [5.41, 5.74) is 2.39. The molecule has 4 nitrogen and oxygen atoms in total. The third-order valence-corrected chi connectivity index (χ3v) is 7.52. The summed E-state index contributed by atoms with van der Waals surface area (Å²) < 4.78 is 12.2. The lowest BCUT2D eigenvalue weighted by Crippen LogP contribution is -2.63. The summed E-state index contributed by atoms with van der Waals surface area (Å²) in [7, 11) is 3.94. The molecule has 3 aliphatic rings. The van der Waals surface area contributed by atoms with Crippen LogP contribution in [0.2, 0.25) is 0 Å². The molecule has 2 aromatic carbocycles. The van der Waals surface area contributed by atoms with Gasteiger partial charge in [0.1, 0.15) is 11.5 Å². The molecule has 1 heterocycles. The fraction of sp³-hybridized carbons (Fsp3) is 0.480. The van der Waals surface area contributed by atoms with Crippen molar-refractivity contribution in [1.29, 1.82) is 0 Å². The molecule has 2 aromatic rings. The minimum atomic E-state index is -0.155. The average Bonchev–Trinajstić information content (AvgIpc) is 2.71. The Morgan fingerprint density at radius 3 is 2.66 bits per heavy atom. The number of Topliss-reactive ketones (excluding diaryl/α,β-unsaturated/α-hetero) is 1. The number of methoxy groups -OCH3 is 1. The number of benzene rings is 2. The van der Waals surface area contributed by atoms with Crippen LogP contribution in [-0.4, -0.2) is 37.4 Å². The van der Waals surface area contributed by atoms with Crippen molar-refractivity contribution in [3.63, 3.8) is 0 Å². The molecular formula is C25H29NO3. The van der Waals surface area contributed by atoms with Gasteiger partial charge in [-0.15, -0.1) is 0 Å². The predicted molar refractivity (Wildman–Crippen MR) is 113 cm³/mol. The standard InChI is InChI=1S/C25H29NO3/c1-16-13-18(27)15-25-11-12-26(2)20(22(16)25)14-17-9-10-21(28-3)24(23(17)25)29-19-7-5-4-6-8-19/h4-10,16,20,22H,11-15H2,1-3H3/t16-,20+,22-,25-/m0/s1. The van der Waals surface area contributed by atoms with Gasteiger partial charge in [-0.2, -0.15) is 0 Å². The van der Waals surface area contributed by atoms with Gasteiger partial charge in [0.25, 0.3) is 0 Å². The Morgan fingerprint density at radius 1 is 1.10 bits per heavy atom. The SMILES string of the molecule is COc1ccc2c(c1Oc1ccccc1)[C@]13CCN(C)[C@H](C2)[C@@H]1[C@@H](C)CC(=O)C3. The maximum atomic E-state index is 12.9. The number of hydrogen-bond acceptors (Lipinski definition) is 4. The number of carbonyl (C=O) groups excluding carboxylic acids is 1. The Morgan fingerprint density at radius 2 is 1.90 bits per heavy atom. The fourth-order valence-corrected chi connectivity index (χ4v) is 6.47. The van der Waals surface area contributed by atoms with Crippen LogP contribution in [0.1, 0.15) is 37.3 Å². The van der Waals surface area contributed by atoms with Crippen LogP contribution in [0.5, 0.6) is 17.2 Å². The molecule has 1 saturated carbocycles. The van der Waals surface area contributed by atoms with Crippen LogP contribution in [0.3, 0.4) is 0 Å². The molecule has 4 heteroatoms. The van der Waals surface area contributed by atoms with Gasteiger partial charge >= 0.3 is 0 Å². The van der Waals surface area contributed by atoms with Crippen molar-refractivity contribution in [2.24, 2.45) is 11.8 Å². The molecule has 0 amide bonds. The first-order valence-electron chi connectivity index (χ1n) is 10.7. The summed E-state index contributed by atoms with van der Waals surface area (Å²) in [4.78, 5) is 15.4. The normalized spacial score (nSPS) is 31.0. The van der Waals surface area contributed by atoms with Gasteiger partial charge in [-0.3, -0.25) is 4.79 Å². The monoisotopic (exact) mass is 391 g/mol. The number of fused-ring (bicyclic) bond motifs is 1. The van der Waals surface area contributed by atoms with E-state index in [1.54, 1.807) is 7.11 Å². The third kappa shape index (κ3) is 2.80. The van der Waals surface area contributed by atoms with Crippen molar-refractivity contribution in [3.8, 4) is 17.2 Å². The number of nitrogens with zero attached hydrogens (tertiary/aromatic N) is 1. The van der Waals surface area contributed by atoms with Crippen molar-refractivity contribution in [3.05, 3.63) is 53.6 Å². The number of likely N-dealkylation sites (N-methyl/N-ethyl adjacent to an activating group) is 1. The Bertz CT molecular complexity index is 941. The second-order valence-corrected chi connectivity index (χ2v) is 9.13. The van der Waals surface area contributed by atoms with Crippen molar-refractivity contribution in [2.75, 3.05) is 20.7 Å². The summed E-state index contributed by atoms with van der Waals surface area (Å²) in [6.45, 7) is 3.29. The smallest absolute Gasteiger partial charge is 0.173 e. The highest BCUT2D eigenvalue weighted by atomic mass is 16.5. The molecular weight excluding hydrogens is 362 g/mol. The Balaban J connectivity index is 1.73. The molecule has 1 aliphatic heterocycles. The molecule has 4 atom stereocenters. The van der Waals surface area contributed by atoms with Crippen LogP contribution in [0.4, 0.5) is 0 Å². The summed E-state index contributed by atoms with van der Waals surface area (Å²) in [6, 6.07) is 14.6. The average molecular weight is 392 g/mol. The maximum absolute atomic E-state index is 12.9. The fourth-order valence-electron chi connectivity index (χ4n) is 6.47. The third-order valence-electron chi connectivity index (χ3n) is 7.52. The molecule has 0 spiro atoms. The molecule has 0 radical (unpaired) electrons. The summed E-state index contributed by atoms with van der Waals surface area (Å²) in [5, 5.41) is 0. The summed E-state index contributed by atoms with van der Waals surface area (Å²) >= 11 is 0. The zero-order valence-corrected chi connectivity index (χ0v) is 17.5. The number of ketones is 1. The largest absolute Gasteiger partial charge is 0.493 e. The molecule has 2 fully saturated rings. The lowest BCUT2D eigenvalue weighted by Gasteiger charge is -2.60. The summed E-state index contributed by atoms with van der Waals surface area (Å²) in [5.74, 6) is 3.61. The highest BCUT2D eigenvalue weighted by Gasteiger charge is 2.58. The lowest BCUT2D eigenvalue weighted by molar-refractivity contribution is -0.130. The van der Waals surface area contributed by atoms with Gasteiger partial charge in [-0.1, -0.05) is 31.2 Å². The van der Waals surface area contributed by atoms with E-state index in [1.807, 2.05) is 36.4 Å². The Labute approximate surface area is 172 Å². The highest BCUT2D eigenvalue weighted by Crippen LogP contribution is 2.60. The predicted octanol–water partition coefficient (Wildman–Crippen LogP) is 4.60. The first kappa shape index (κ1) is 18.7. The van der Waals surface area contributed by atoms with E-state index in [0.29, 0.717) is 36.5 Å². The van der Waals surface area contributed by atoms with Crippen molar-refractivity contribution < 1.29 is 14.3 Å². The van der Waals surface area contributed by atoms with Crippen LogP contribution < -0.4 is 9.47 Å². The van der Waals surface area contributed by atoms with E-state index in [1.165, 1.54) is 11.1 Å². The van der Waals surface area contributed by atoms with Gasteiger partial charge in [0, 0.05) is 29.9 Å². The van der Waals surface area contributed by atoms with Crippen LogP contribution in [0.25, 0.3) is 0 Å². The number of carbonyl (C=O) groups is 1. The van der Waals surface area contributed by atoms with E-state index < -0.39 is 0 Å². The molecule has 2 aliphatic carbocycles. The minimum Gasteiger partial charge on any atom is -0.493 e. The van der Waals surface area contributed by atoms with Gasteiger partial charge in [0.2, 0.25) is 0 Å². The molecule has 0 N–H and O–H groups in total. The number of likely N-dealkylation sites (tertiary alicyclic amines) is 1. The van der Waals surface area contributed by atoms with Crippen LogP contribution in [0, 0.1) is 11.8 Å². The van der Waals surface area contributed by atoms with Crippen molar-refractivity contribution in [2.45, 2.75) is 44.1 Å². The molecule has 152 valence electrons. The Kier molecular flexibility index (Phi) is 4.43. The van der Waals surface area contributed by atoms with E-state index >= 15 is 0 Å². The second-order valence-electron chi connectivity index (χ2n) is 9.13. The Hall–Kier alpha value is -2.33. The van der Waals surface area contributed by atoms with Crippen LogP contribution >= 0.6 is 0 Å². The van der Waals surface area contributed by atoms with Crippen molar-refractivity contribution in [1.82, 2.24) is 4.90 Å². The van der Waals surface area contributed by atoms with Gasteiger partial charge in [-0.25, -0.2) is 0 Å². The van der Waals surface area contributed by atoms with E-state index in [4.69, 9.17) is 9.47 Å². The van der Waals surface area contributed by atoms with E-state index in [-0.39, 0.29) is 5.41 Å². The molecule has 2 bridgehead atoms. The number of hydrogen-bond donors (Lipinski definition) is 0. The zero-order valence-electron chi connectivity index (χ0n) is 17.5. The van der Waals surface area contributed by atoms with E-state index in [9.17, 15) is 4.79 Å². The topological polar surface area (TPSA) is 38.8 Å². The van der Waals surface area contributed by atoms with Gasteiger partial charge in [-0.05, 0) is 62.0 Å². The van der Waals surface area contributed by atoms with Gasteiger partial charge in [0.05, 0.1) is 7.11 Å². The number of ether oxygens (including phenoxy) is 2. The van der Waals surface area contributed by atoms with Gasteiger partial charge in [0.15, 0.2) is 11.5 Å². The minimum absolute atomic E-state index is 0.155.